The number of ether oxygens (including phenoxy) is 1. The summed E-state index contributed by atoms with van der Waals surface area (Å²) < 4.78 is 27.3. The van der Waals surface area contributed by atoms with Crippen LogP contribution in [0.4, 0.5) is 5.69 Å². The lowest BCUT2D eigenvalue weighted by Crippen LogP contribution is -2.25. The molecule has 1 aliphatic heterocycles. The van der Waals surface area contributed by atoms with Crippen LogP contribution in [0.2, 0.25) is 0 Å². The summed E-state index contributed by atoms with van der Waals surface area (Å²) in [5.74, 6) is -0.109. The van der Waals surface area contributed by atoms with Gasteiger partial charge in [-0.2, -0.15) is 0 Å². The molecular weight excluding hydrogens is 304 g/mol. The van der Waals surface area contributed by atoms with Crippen LogP contribution in [0.1, 0.15) is 13.3 Å². The molecule has 20 heavy (non-hydrogen) atoms. The van der Waals surface area contributed by atoms with Gasteiger partial charge in [-0.1, -0.05) is 0 Å². The molecule has 1 atom stereocenters. The molecule has 0 spiro atoms. The highest BCUT2D eigenvalue weighted by atomic mass is 35.7. The Morgan fingerprint density at radius 3 is 2.80 bits per heavy atom. The predicted molar refractivity (Wildman–Crippen MR) is 75.5 cm³/mol. The molecule has 1 aromatic heterocycles. The minimum atomic E-state index is -3.59. The van der Waals surface area contributed by atoms with Gasteiger partial charge >= 0.3 is 0 Å². The lowest BCUT2D eigenvalue weighted by atomic mass is 10.1. The first-order valence-electron chi connectivity index (χ1n) is 6.20. The Balaban J connectivity index is 2.07. The molecule has 0 N–H and O–H groups in total. The summed E-state index contributed by atoms with van der Waals surface area (Å²) in [5.41, 5.74) is 0.632. The summed E-state index contributed by atoms with van der Waals surface area (Å²) in [6.45, 7) is 2.71. The van der Waals surface area contributed by atoms with Gasteiger partial charge in [-0.05, 0) is 13.0 Å². The maximum absolute atomic E-state index is 11.9. The zero-order chi connectivity index (χ0) is 14.8. The van der Waals surface area contributed by atoms with Crippen molar-refractivity contribution in [1.29, 1.82) is 0 Å². The quantitative estimate of drug-likeness (QED) is 0.767. The highest BCUT2D eigenvalue weighted by Gasteiger charge is 2.33. The van der Waals surface area contributed by atoms with Crippen molar-refractivity contribution in [3.8, 4) is 5.88 Å². The molecule has 8 heteroatoms. The van der Waals surface area contributed by atoms with Gasteiger partial charge in [0.25, 0.3) is 0 Å². The molecule has 2 heterocycles. The number of aromatic nitrogens is 1. The van der Waals surface area contributed by atoms with Crippen LogP contribution in [0.25, 0.3) is 0 Å². The average Bonchev–Trinajstić information content (AvgIpc) is 2.69. The first-order chi connectivity index (χ1) is 9.39. The predicted octanol–water partition coefficient (Wildman–Crippen LogP) is 1.40. The molecule has 0 saturated carbocycles. The van der Waals surface area contributed by atoms with Gasteiger partial charge in [0.1, 0.15) is 0 Å². The third-order valence-electron chi connectivity index (χ3n) is 2.96. The van der Waals surface area contributed by atoms with Crippen molar-refractivity contribution in [3.05, 3.63) is 18.3 Å². The molecule has 1 fully saturated rings. The zero-order valence-corrected chi connectivity index (χ0v) is 12.5. The maximum Gasteiger partial charge on any atom is 0.232 e. The van der Waals surface area contributed by atoms with Crippen LogP contribution >= 0.6 is 10.7 Å². The van der Waals surface area contributed by atoms with Crippen molar-refractivity contribution in [2.45, 2.75) is 13.3 Å². The summed E-state index contributed by atoms with van der Waals surface area (Å²) >= 11 is 0. The average molecular weight is 319 g/mol. The minimum absolute atomic E-state index is 0.124. The van der Waals surface area contributed by atoms with Gasteiger partial charge in [0.2, 0.25) is 20.8 Å². The Bertz CT molecular complexity index is 588. The van der Waals surface area contributed by atoms with Gasteiger partial charge in [0.15, 0.2) is 0 Å². The molecule has 1 unspecified atom stereocenters. The van der Waals surface area contributed by atoms with E-state index in [-0.39, 0.29) is 24.0 Å². The van der Waals surface area contributed by atoms with Crippen LogP contribution in [0.3, 0.4) is 0 Å². The Hall–Kier alpha value is -1.34. The van der Waals surface area contributed by atoms with Crippen molar-refractivity contribution < 1.29 is 17.9 Å². The van der Waals surface area contributed by atoms with Gasteiger partial charge in [-0.15, -0.1) is 0 Å². The van der Waals surface area contributed by atoms with Crippen molar-refractivity contribution in [2.24, 2.45) is 5.92 Å². The molecule has 1 aliphatic rings. The van der Waals surface area contributed by atoms with Gasteiger partial charge in [-0.3, -0.25) is 4.79 Å². The number of amides is 1. The minimum Gasteiger partial charge on any atom is -0.478 e. The summed E-state index contributed by atoms with van der Waals surface area (Å²) in [4.78, 5) is 17.5. The SMILES string of the molecule is CCOc1ccc(N2CC(CS(=O)(=O)Cl)CC2=O)cn1. The van der Waals surface area contributed by atoms with Crippen LogP contribution in [-0.4, -0.2) is 38.2 Å². The van der Waals surface area contributed by atoms with E-state index in [4.69, 9.17) is 15.4 Å². The fraction of sp³-hybridized carbons (Fsp3) is 0.500. The van der Waals surface area contributed by atoms with E-state index < -0.39 is 9.05 Å². The Kier molecular flexibility index (Phi) is 4.49. The van der Waals surface area contributed by atoms with Crippen molar-refractivity contribution in [2.75, 3.05) is 23.8 Å². The van der Waals surface area contributed by atoms with E-state index >= 15 is 0 Å². The molecule has 6 nitrogen and oxygen atoms in total. The molecule has 0 aromatic carbocycles. The molecule has 0 bridgehead atoms. The first kappa shape index (κ1) is 15.1. The highest BCUT2D eigenvalue weighted by molar-refractivity contribution is 8.13. The molecule has 1 saturated heterocycles. The number of carbonyl (C=O) groups excluding carboxylic acids is 1. The number of rotatable bonds is 5. The van der Waals surface area contributed by atoms with Crippen LogP contribution in [0, 0.1) is 5.92 Å². The van der Waals surface area contributed by atoms with Crippen LogP contribution in [-0.2, 0) is 13.8 Å². The number of hydrogen-bond acceptors (Lipinski definition) is 5. The first-order valence-corrected chi connectivity index (χ1v) is 8.68. The van der Waals surface area contributed by atoms with Gasteiger partial charge in [0.05, 0.1) is 24.2 Å². The molecule has 110 valence electrons. The molecular formula is C12H15ClN2O4S. The number of carbonyl (C=O) groups is 1. The Morgan fingerprint density at radius 1 is 1.50 bits per heavy atom. The summed E-state index contributed by atoms with van der Waals surface area (Å²) in [6, 6.07) is 3.41. The second-order valence-electron chi connectivity index (χ2n) is 4.57. The van der Waals surface area contributed by atoms with Crippen molar-refractivity contribution >= 4 is 31.3 Å². The summed E-state index contributed by atoms with van der Waals surface area (Å²) in [5, 5.41) is 0. The van der Waals surface area contributed by atoms with E-state index in [2.05, 4.69) is 4.98 Å². The molecule has 2 rings (SSSR count). The number of anilines is 1. The normalized spacial score (nSPS) is 19.4. The molecule has 1 aromatic rings. The number of hydrogen-bond donors (Lipinski definition) is 0. The standard InChI is InChI=1S/C12H15ClN2O4S/c1-2-19-11-4-3-10(6-14-11)15-7-9(5-12(15)16)8-20(13,17)18/h3-4,6,9H,2,5,7-8H2,1H3. The van der Waals surface area contributed by atoms with Crippen LogP contribution in [0.15, 0.2) is 18.3 Å². The Morgan fingerprint density at radius 2 is 2.25 bits per heavy atom. The second-order valence-corrected chi connectivity index (χ2v) is 7.39. The lowest BCUT2D eigenvalue weighted by Gasteiger charge is -2.16. The van der Waals surface area contributed by atoms with Crippen LogP contribution < -0.4 is 9.64 Å². The fourth-order valence-electron chi connectivity index (χ4n) is 2.19. The van der Waals surface area contributed by atoms with E-state index in [9.17, 15) is 13.2 Å². The molecule has 0 aliphatic carbocycles. The number of nitrogens with zero attached hydrogens (tertiary/aromatic N) is 2. The van der Waals surface area contributed by atoms with Crippen LogP contribution in [0.5, 0.6) is 5.88 Å². The van der Waals surface area contributed by atoms with E-state index in [1.165, 1.54) is 4.90 Å². The smallest absolute Gasteiger partial charge is 0.232 e. The Labute approximate surface area is 122 Å². The van der Waals surface area contributed by atoms with Gasteiger partial charge in [-0.25, -0.2) is 13.4 Å². The van der Waals surface area contributed by atoms with E-state index in [0.717, 1.165) is 0 Å². The topological polar surface area (TPSA) is 76.6 Å². The van der Waals surface area contributed by atoms with Gasteiger partial charge in [0, 0.05) is 35.6 Å². The third-order valence-corrected chi connectivity index (χ3v) is 4.21. The molecule has 0 radical (unpaired) electrons. The van der Waals surface area contributed by atoms with Crippen molar-refractivity contribution in [3.63, 3.8) is 0 Å². The van der Waals surface area contributed by atoms with Crippen molar-refractivity contribution in [1.82, 2.24) is 4.98 Å². The molecule has 1 amide bonds. The zero-order valence-electron chi connectivity index (χ0n) is 11.0. The summed E-state index contributed by atoms with van der Waals surface area (Å²) in [6.07, 6.45) is 1.72. The summed E-state index contributed by atoms with van der Waals surface area (Å²) in [7, 11) is 1.63. The lowest BCUT2D eigenvalue weighted by molar-refractivity contribution is -0.117. The van der Waals surface area contributed by atoms with E-state index in [1.54, 1.807) is 18.3 Å². The maximum atomic E-state index is 11.9. The van der Waals surface area contributed by atoms with E-state index in [1.807, 2.05) is 6.92 Å². The number of halogens is 1. The number of pyridine rings is 1. The fourth-order valence-corrected chi connectivity index (χ4v) is 3.51. The largest absolute Gasteiger partial charge is 0.478 e. The highest BCUT2D eigenvalue weighted by Crippen LogP contribution is 2.26. The third kappa shape index (κ3) is 3.83. The monoisotopic (exact) mass is 318 g/mol. The van der Waals surface area contributed by atoms with E-state index in [0.29, 0.717) is 24.7 Å². The van der Waals surface area contributed by atoms with Gasteiger partial charge < -0.3 is 9.64 Å². The second kappa shape index (κ2) is 5.97.